The third-order valence-corrected chi connectivity index (χ3v) is 4.34. The summed E-state index contributed by atoms with van der Waals surface area (Å²) in [5, 5.41) is 3.50. The fourth-order valence-corrected chi connectivity index (χ4v) is 3.12. The van der Waals surface area contributed by atoms with E-state index in [1.807, 2.05) is 6.20 Å². The van der Waals surface area contributed by atoms with Gasteiger partial charge in [-0.15, -0.1) is 0 Å². The zero-order valence-electron chi connectivity index (χ0n) is 12.5. The van der Waals surface area contributed by atoms with Crippen molar-refractivity contribution in [3.63, 3.8) is 0 Å². The van der Waals surface area contributed by atoms with Crippen LogP contribution in [-0.4, -0.2) is 36.8 Å². The quantitative estimate of drug-likeness (QED) is 0.896. The monoisotopic (exact) mass is 275 g/mol. The molecule has 4 heteroatoms. The molecule has 3 rings (SSSR count). The van der Waals surface area contributed by atoms with E-state index in [4.69, 9.17) is 4.74 Å². The fraction of sp³-hybridized carbons (Fsp3) is 0.688. The van der Waals surface area contributed by atoms with Crippen LogP contribution >= 0.6 is 0 Å². The Morgan fingerprint density at radius 2 is 2.10 bits per heavy atom. The summed E-state index contributed by atoms with van der Waals surface area (Å²) in [5.41, 5.74) is 1.26. The number of hydrogen-bond acceptors (Lipinski definition) is 4. The first-order chi connectivity index (χ1) is 9.76. The molecule has 2 aliphatic rings. The van der Waals surface area contributed by atoms with Crippen molar-refractivity contribution in [3.8, 4) is 0 Å². The van der Waals surface area contributed by atoms with Gasteiger partial charge in [-0.25, -0.2) is 4.98 Å². The van der Waals surface area contributed by atoms with Gasteiger partial charge in [0, 0.05) is 25.3 Å². The lowest BCUT2D eigenvalue weighted by Gasteiger charge is -2.33. The Balaban J connectivity index is 1.64. The fourth-order valence-electron chi connectivity index (χ4n) is 3.12. The summed E-state index contributed by atoms with van der Waals surface area (Å²) >= 11 is 0. The minimum absolute atomic E-state index is 0.373. The average molecular weight is 275 g/mol. The molecule has 3 atom stereocenters. The minimum atomic E-state index is 0.373. The summed E-state index contributed by atoms with van der Waals surface area (Å²) in [4.78, 5) is 7.03. The number of ether oxygens (including phenoxy) is 1. The van der Waals surface area contributed by atoms with Crippen molar-refractivity contribution in [2.45, 2.75) is 51.4 Å². The van der Waals surface area contributed by atoms with Crippen molar-refractivity contribution in [1.82, 2.24) is 10.3 Å². The Hall–Kier alpha value is -1.13. The number of hydrogen-bond donors (Lipinski definition) is 1. The molecule has 20 heavy (non-hydrogen) atoms. The van der Waals surface area contributed by atoms with Crippen LogP contribution in [0.1, 0.15) is 44.7 Å². The predicted molar refractivity (Wildman–Crippen MR) is 81.1 cm³/mol. The van der Waals surface area contributed by atoms with Gasteiger partial charge in [-0.2, -0.15) is 0 Å². The second-order valence-electron chi connectivity index (χ2n) is 5.99. The van der Waals surface area contributed by atoms with Gasteiger partial charge in [0.15, 0.2) is 0 Å². The largest absolute Gasteiger partial charge is 0.371 e. The van der Waals surface area contributed by atoms with E-state index >= 15 is 0 Å². The van der Waals surface area contributed by atoms with Gasteiger partial charge in [-0.3, -0.25) is 0 Å². The third-order valence-electron chi connectivity index (χ3n) is 4.34. The van der Waals surface area contributed by atoms with Crippen LogP contribution in [-0.2, 0) is 4.74 Å². The van der Waals surface area contributed by atoms with Crippen LogP contribution in [0, 0.1) is 0 Å². The summed E-state index contributed by atoms with van der Waals surface area (Å²) in [6.07, 6.45) is 6.42. The van der Waals surface area contributed by atoms with Gasteiger partial charge in [0.05, 0.1) is 12.2 Å². The van der Waals surface area contributed by atoms with E-state index in [2.05, 4.69) is 41.2 Å². The highest BCUT2D eigenvalue weighted by Gasteiger charge is 2.34. The number of aromatic nitrogens is 1. The van der Waals surface area contributed by atoms with Crippen LogP contribution < -0.4 is 10.2 Å². The molecule has 0 radical (unpaired) electrons. The Bertz CT molecular complexity index is 422. The molecule has 0 aliphatic carbocycles. The first-order valence-electron chi connectivity index (χ1n) is 7.86. The molecule has 0 amide bonds. The van der Waals surface area contributed by atoms with E-state index in [0.29, 0.717) is 18.2 Å². The number of morpholine rings is 1. The lowest BCUT2D eigenvalue weighted by molar-refractivity contribution is 0.0302. The zero-order chi connectivity index (χ0) is 13.9. The molecule has 2 bridgehead atoms. The number of pyridine rings is 1. The Morgan fingerprint density at radius 1 is 1.35 bits per heavy atom. The lowest BCUT2D eigenvalue weighted by Crippen LogP contribution is -2.43. The number of anilines is 1. The number of fused-ring (bicyclic) bond motifs is 2. The lowest BCUT2D eigenvalue weighted by atomic mass is 10.1. The molecule has 2 fully saturated rings. The van der Waals surface area contributed by atoms with E-state index in [-0.39, 0.29) is 0 Å². The molecule has 110 valence electrons. The van der Waals surface area contributed by atoms with Crippen LogP contribution in [0.5, 0.6) is 0 Å². The van der Waals surface area contributed by atoms with Crippen molar-refractivity contribution in [1.29, 1.82) is 0 Å². The van der Waals surface area contributed by atoms with E-state index in [0.717, 1.165) is 31.9 Å². The highest BCUT2D eigenvalue weighted by atomic mass is 16.5. The van der Waals surface area contributed by atoms with Crippen LogP contribution in [0.15, 0.2) is 18.3 Å². The molecular formula is C16H25N3O. The summed E-state index contributed by atoms with van der Waals surface area (Å²) in [6, 6.07) is 4.73. The average Bonchev–Trinajstić information content (AvgIpc) is 2.83. The molecule has 3 unspecified atom stereocenters. The van der Waals surface area contributed by atoms with E-state index in [1.165, 1.54) is 18.4 Å². The van der Waals surface area contributed by atoms with E-state index in [1.54, 1.807) is 0 Å². The summed E-state index contributed by atoms with van der Waals surface area (Å²) in [6.45, 7) is 7.42. The molecule has 2 saturated heterocycles. The summed E-state index contributed by atoms with van der Waals surface area (Å²) in [7, 11) is 0. The third kappa shape index (κ3) is 2.96. The number of rotatable bonds is 5. The second-order valence-corrected chi connectivity index (χ2v) is 5.99. The van der Waals surface area contributed by atoms with Crippen LogP contribution in [0.2, 0.25) is 0 Å². The van der Waals surface area contributed by atoms with Gasteiger partial charge in [0.2, 0.25) is 0 Å². The van der Waals surface area contributed by atoms with Crippen molar-refractivity contribution in [2.75, 3.05) is 24.5 Å². The highest BCUT2D eigenvalue weighted by molar-refractivity contribution is 5.41. The molecular weight excluding hydrogens is 250 g/mol. The minimum Gasteiger partial charge on any atom is -0.371 e. The molecule has 3 heterocycles. The van der Waals surface area contributed by atoms with Gasteiger partial charge in [0.1, 0.15) is 5.82 Å². The zero-order valence-corrected chi connectivity index (χ0v) is 12.5. The van der Waals surface area contributed by atoms with Crippen LogP contribution in [0.25, 0.3) is 0 Å². The Labute approximate surface area is 121 Å². The standard InChI is InChI=1S/C16H25N3O/c1-3-8-17-12(2)13-4-7-16(18-9-13)19-10-14-5-6-15(11-19)20-14/h4,7,9,12,14-15,17H,3,5-6,8,10-11H2,1-2H3. The molecule has 1 aromatic heterocycles. The SMILES string of the molecule is CCCNC(C)c1ccc(N2CC3CCC(C2)O3)nc1. The van der Waals surface area contributed by atoms with Crippen molar-refractivity contribution < 1.29 is 4.74 Å². The maximum Gasteiger partial charge on any atom is 0.128 e. The summed E-state index contributed by atoms with van der Waals surface area (Å²) < 4.78 is 5.88. The van der Waals surface area contributed by atoms with Gasteiger partial charge in [0.25, 0.3) is 0 Å². The predicted octanol–water partition coefficient (Wildman–Crippen LogP) is 2.51. The van der Waals surface area contributed by atoms with E-state index in [9.17, 15) is 0 Å². The maximum absolute atomic E-state index is 5.88. The Morgan fingerprint density at radius 3 is 2.70 bits per heavy atom. The first kappa shape index (κ1) is 13.8. The maximum atomic E-state index is 5.88. The smallest absolute Gasteiger partial charge is 0.128 e. The van der Waals surface area contributed by atoms with Gasteiger partial charge >= 0.3 is 0 Å². The van der Waals surface area contributed by atoms with Crippen molar-refractivity contribution >= 4 is 5.82 Å². The van der Waals surface area contributed by atoms with E-state index < -0.39 is 0 Å². The molecule has 0 aromatic carbocycles. The second kappa shape index (κ2) is 6.10. The number of nitrogens with one attached hydrogen (secondary N) is 1. The Kier molecular flexibility index (Phi) is 4.22. The van der Waals surface area contributed by atoms with Gasteiger partial charge in [-0.1, -0.05) is 13.0 Å². The molecule has 1 N–H and O–H groups in total. The topological polar surface area (TPSA) is 37.4 Å². The van der Waals surface area contributed by atoms with Gasteiger partial charge < -0.3 is 15.0 Å². The highest BCUT2D eigenvalue weighted by Crippen LogP contribution is 2.29. The molecule has 4 nitrogen and oxygen atoms in total. The molecule has 0 saturated carbocycles. The van der Waals surface area contributed by atoms with Gasteiger partial charge in [-0.05, 0) is 44.4 Å². The van der Waals surface area contributed by atoms with Crippen molar-refractivity contribution in [2.24, 2.45) is 0 Å². The van der Waals surface area contributed by atoms with Crippen molar-refractivity contribution in [3.05, 3.63) is 23.9 Å². The molecule has 0 spiro atoms. The molecule has 1 aromatic rings. The normalized spacial score (nSPS) is 26.8. The molecule has 2 aliphatic heterocycles. The van der Waals surface area contributed by atoms with Crippen LogP contribution in [0.4, 0.5) is 5.82 Å². The number of nitrogens with zero attached hydrogens (tertiary/aromatic N) is 2. The van der Waals surface area contributed by atoms with Crippen LogP contribution in [0.3, 0.4) is 0 Å². The summed E-state index contributed by atoms with van der Waals surface area (Å²) in [5.74, 6) is 1.09. The first-order valence-corrected chi connectivity index (χ1v) is 7.86.